The highest BCUT2D eigenvalue weighted by atomic mass is 32.2. The number of hydrogen-bond acceptors (Lipinski definition) is 5. The van der Waals surface area contributed by atoms with E-state index in [1.807, 2.05) is 56.5 Å². The predicted molar refractivity (Wildman–Crippen MR) is 112 cm³/mol. The highest BCUT2D eigenvalue weighted by Gasteiger charge is 2.25. The molecule has 0 bridgehead atoms. The van der Waals surface area contributed by atoms with Crippen LogP contribution in [-0.4, -0.2) is 25.4 Å². The summed E-state index contributed by atoms with van der Waals surface area (Å²) in [5.74, 6) is 0.857. The van der Waals surface area contributed by atoms with Gasteiger partial charge >= 0.3 is 0 Å². The largest absolute Gasteiger partial charge is 0.241 e. The van der Waals surface area contributed by atoms with Gasteiger partial charge < -0.3 is 0 Å². The first-order chi connectivity index (χ1) is 12.4. The lowest BCUT2D eigenvalue weighted by Crippen LogP contribution is -2.29. The number of thioether (sulfide) groups is 1. The van der Waals surface area contributed by atoms with Crippen LogP contribution in [-0.2, 0) is 10.0 Å². The van der Waals surface area contributed by atoms with Crippen LogP contribution in [0.25, 0.3) is 10.2 Å². The maximum absolute atomic E-state index is 13.0. The fourth-order valence-electron chi connectivity index (χ4n) is 2.86. The molecule has 0 saturated heterocycles. The monoisotopic (exact) mass is 406 g/mol. The summed E-state index contributed by atoms with van der Waals surface area (Å²) in [5.41, 5.74) is 2.71. The van der Waals surface area contributed by atoms with Crippen molar-refractivity contribution in [1.29, 1.82) is 0 Å². The third kappa shape index (κ3) is 4.28. The smallest absolute Gasteiger partial charge is 0.239 e. The second-order valence-corrected chi connectivity index (χ2v) is 9.97. The van der Waals surface area contributed by atoms with Crippen LogP contribution in [0.5, 0.6) is 0 Å². The van der Waals surface area contributed by atoms with E-state index in [-0.39, 0.29) is 6.04 Å². The fraction of sp³-hybridized carbons (Fsp3) is 0.316. The van der Waals surface area contributed by atoms with Crippen LogP contribution < -0.4 is 4.72 Å². The molecule has 0 amide bonds. The first-order valence-electron chi connectivity index (χ1n) is 8.34. The Labute approximate surface area is 163 Å². The molecule has 3 aromatic rings. The van der Waals surface area contributed by atoms with Crippen molar-refractivity contribution in [2.45, 2.75) is 31.2 Å². The number of thiazole rings is 1. The zero-order valence-corrected chi connectivity index (χ0v) is 17.5. The molecule has 0 spiro atoms. The maximum Gasteiger partial charge on any atom is 0.241 e. The topological polar surface area (TPSA) is 59.1 Å². The summed E-state index contributed by atoms with van der Waals surface area (Å²) in [5, 5.41) is 0.814. The van der Waals surface area contributed by atoms with E-state index < -0.39 is 10.0 Å². The summed E-state index contributed by atoms with van der Waals surface area (Å²) in [6, 6.07) is 13.0. The lowest BCUT2D eigenvalue weighted by molar-refractivity contribution is 0.550. The van der Waals surface area contributed by atoms with Gasteiger partial charge in [-0.3, -0.25) is 0 Å². The van der Waals surface area contributed by atoms with Gasteiger partial charge in [0, 0.05) is 0 Å². The highest BCUT2D eigenvalue weighted by molar-refractivity contribution is 7.98. The number of sulfonamides is 1. The molecule has 0 fully saturated rings. The van der Waals surface area contributed by atoms with Crippen molar-refractivity contribution >= 4 is 43.3 Å². The minimum absolute atomic E-state index is 0.328. The van der Waals surface area contributed by atoms with Crippen LogP contribution in [0.2, 0.25) is 0 Å². The van der Waals surface area contributed by atoms with Gasteiger partial charge in [-0.15, -0.1) is 11.3 Å². The molecular weight excluding hydrogens is 384 g/mol. The van der Waals surface area contributed by atoms with E-state index in [1.165, 1.54) is 0 Å². The summed E-state index contributed by atoms with van der Waals surface area (Å²) >= 11 is 3.25. The molecule has 0 aliphatic heterocycles. The summed E-state index contributed by atoms with van der Waals surface area (Å²) in [6.07, 6.45) is 2.72. The SMILES string of the molecule is CSCC[C@@H](NS(=O)(=O)c1ccc(C)cc1C)c1nc2ccccc2s1. The Bertz CT molecular complexity index is 980. The number of benzene rings is 2. The Kier molecular flexibility index (Phi) is 6.02. The molecule has 2 aromatic carbocycles. The van der Waals surface area contributed by atoms with E-state index in [0.717, 1.165) is 32.1 Å². The molecule has 1 atom stereocenters. The number of aryl methyl sites for hydroxylation is 2. The quantitative estimate of drug-likeness (QED) is 0.619. The molecule has 0 aliphatic rings. The van der Waals surface area contributed by atoms with Crippen LogP contribution in [0.1, 0.15) is 28.6 Å². The van der Waals surface area contributed by atoms with Crippen LogP contribution in [0.3, 0.4) is 0 Å². The van der Waals surface area contributed by atoms with Crippen molar-refractivity contribution in [3.05, 3.63) is 58.6 Å². The van der Waals surface area contributed by atoms with E-state index in [4.69, 9.17) is 0 Å². The van der Waals surface area contributed by atoms with Gasteiger partial charge in [-0.1, -0.05) is 29.8 Å². The number of nitrogens with one attached hydrogen (secondary N) is 1. The minimum atomic E-state index is -3.62. The lowest BCUT2D eigenvalue weighted by atomic mass is 10.2. The summed E-state index contributed by atoms with van der Waals surface area (Å²) < 4.78 is 29.9. The molecule has 0 radical (unpaired) electrons. The van der Waals surface area contributed by atoms with Crippen LogP contribution in [0, 0.1) is 13.8 Å². The van der Waals surface area contributed by atoms with Gasteiger partial charge in [-0.05, 0) is 56.0 Å². The molecule has 1 heterocycles. The van der Waals surface area contributed by atoms with Gasteiger partial charge in [-0.25, -0.2) is 18.1 Å². The molecule has 1 N–H and O–H groups in total. The second-order valence-electron chi connectivity index (χ2n) is 6.24. The van der Waals surface area contributed by atoms with Crippen LogP contribution >= 0.6 is 23.1 Å². The Morgan fingerprint density at radius 3 is 2.65 bits per heavy atom. The average molecular weight is 407 g/mol. The van der Waals surface area contributed by atoms with Gasteiger partial charge in [0.2, 0.25) is 10.0 Å². The van der Waals surface area contributed by atoms with Gasteiger partial charge in [0.15, 0.2) is 0 Å². The number of para-hydroxylation sites is 1. The Hall–Kier alpha value is -1.41. The average Bonchev–Trinajstić information content (AvgIpc) is 3.02. The van der Waals surface area contributed by atoms with Crippen molar-refractivity contribution < 1.29 is 8.42 Å². The molecule has 138 valence electrons. The zero-order chi connectivity index (χ0) is 18.7. The molecular formula is C19H22N2O2S3. The normalized spacial score (nSPS) is 13.2. The van der Waals surface area contributed by atoms with Crippen molar-refractivity contribution in [3.8, 4) is 0 Å². The summed E-state index contributed by atoms with van der Waals surface area (Å²) in [7, 11) is -3.62. The van der Waals surface area contributed by atoms with E-state index in [0.29, 0.717) is 11.3 Å². The van der Waals surface area contributed by atoms with Crippen molar-refractivity contribution in [2.24, 2.45) is 0 Å². The fourth-order valence-corrected chi connectivity index (χ4v) is 5.92. The van der Waals surface area contributed by atoms with Gasteiger partial charge in [0.1, 0.15) is 5.01 Å². The molecule has 0 aliphatic carbocycles. The van der Waals surface area contributed by atoms with Gasteiger partial charge in [0.25, 0.3) is 0 Å². The van der Waals surface area contributed by atoms with E-state index in [1.54, 1.807) is 29.2 Å². The standard InChI is InChI=1S/C19H22N2O2S3/c1-13-8-9-18(14(2)12-13)26(22,23)21-16(10-11-24-3)19-20-15-6-4-5-7-17(15)25-19/h4-9,12,16,21H,10-11H2,1-3H3/t16-/m1/s1. The molecule has 0 unspecified atom stereocenters. The molecule has 7 heteroatoms. The predicted octanol–water partition coefficient (Wildman–Crippen LogP) is 4.69. The number of hydrogen-bond donors (Lipinski definition) is 1. The molecule has 0 saturated carbocycles. The maximum atomic E-state index is 13.0. The Balaban J connectivity index is 1.94. The second kappa shape index (κ2) is 8.08. The molecule has 26 heavy (non-hydrogen) atoms. The van der Waals surface area contributed by atoms with Crippen molar-refractivity contribution in [3.63, 3.8) is 0 Å². The molecule has 1 aromatic heterocycles. The number of rotatable bonds is 7. The third-order valence-electron chi connectivity index (χ3n) is 4.14. The van der Waals surface area contributed by atoms with E-state index >= 15 is 0 Å². The van der Waals surface area contributed by atoms with Gasteiger partial charge in [-0.2, -0.15) is 11.8 Å². The third-order valence-corrected chi connectivity index (χ3v) is 7.56. The summed E-state index contributed by atoms with van der Waals surface area (Å²) in [6.45, 7) is 3.79. The van der Waals surface area contributed by atoms with Crippen LogP contribution in [0.15, 0.2) is 47.4 Å². The first-order valence-corrected chi connectivity index (χ1v) is 12.0. The Morgan fingerprint density at radius 2 is 1.96 bits per heavy atom. The van der Waals surface area contributed by atoms with Crippen molar-refractivity contribution in [2.75, 3.05) is 12.0 Å². The Morgan fingerprint density at radius 1 is 1.19 bits per heavy atom. The lowest BCUT2D eigenvalue weighted by Gasteiger charge is -2.17. The first kappa shape index (κ1) is 19.4. The van der Waals surface area contributed by atoms with Gasteiger partial charge in [0.05, 0.1) is 21.2 Å². The minimum Gasteiger partial charge on any atom is -0.239 e. The molecule has 3 rings (SSSR count). The molecule has 4 nitrogen and oxygen atoms in total. The number of nitrogens with zero attached hydrogens (tertiary/aromatic N) is 1. The van der Waals surface area contributed by atoms with Crippen molar-refractivity contribution in [1.82, 2.24) is 9.71 Å². The van der Waals surface area contributed by atoms with Crippen LogP contribution in [0.4, 0.5) is 0 Å². The number of aromatic nitrogens is 1. The summed E-state index contributed by atoms with van der Waals surface area (Å²) in [4.78, 5) is 4.99. The van der Waals surface area contributed by atoms with E-state index in [9.17, 15) is 8.42 Å². The zero-order valence-electron chi connectivity index (χ0n) is 15.0. The highest BCUT2D eigenvalue weighted by Crippen LogP contribution is 2.30. The van der Waals surface area contributed by atoms with E-state index in [2.05, 4.69) is 9.71 Å². The number of fused-ring (bicyclic) bond motifs is 1.